The van der Waals surface area contributed by atoms with E-state index in [0.717, 1.165) is 43.9 Å². The molecule has 0 atom stereocenters. The van der Waals surface area contributed by atoms with Crippen LogP contribution in [0, 0.1) is 0 Å². The molecule has 28 heavy (non-hydrogen) atoms. The molecule has 0 unspecified atom stereocenters. The Bertz CT molecular complexity index is 1160. The molecule has 1 aromatic heterocycles. The summed E-state index contributed by atoms with van der Waals surface area (Å²) in [6.07, 6.45) is 3.35. The summed E-state index contributed by atoms with van der Waals surface area (Å²) in [5.74, 6) is 1.52. The van der Waals surface area contributed by atoms with Crippen LogP contribution in [-0.2, 0) is 0 Å². The minimum Gasteiger partial charge on any atom is -0.496 e. The number of anilines is 2. The summed E-state index contributed by atoms with van der Waals surface area (Å²) in [6.45, 7) is 0. The molecule has 0 saturated carbocycles. The molecule has 0 spiro atoms. The summed E-state index contributed by atoms with van der Waals surface area (Å²) in [4.78, 5) is 13.4. The molecule has 0 amide bonds. The first kappa shape index (κ1) is 18.1. The van der Waals surface area contributed by atoms with Crippen molar-refractivity contribution in [2.45, 2.75) is 0 Å². The highest BCUT2D eigenvalue weighted by atomic mass is 79.9. The maximum atomic E-state index is 5.37. The summed E-state index contributed by atoms with van der Waals surface area (Å²) >= 11 is 3.49. The monoisotopic (exact) mass is 432 g/mol. The van der Waals surface area contributed by atoms with Gasteiger partial charge in [-0.25, -0.2) is 9.97 Å². The van der Waals surface area contributed by atoms with E-state index in [1.165, 1.54) is 0 Å². The molecule has 138 valence electrons. The highest BCUT2D eigenvalue weighted by Crippen LogP contribution is 2.28. The van der Waals surface area contributed by atoms with Gasteiger partial charge in [-0.05, 0) is 48.5 Å². The zero-order chi connectivity index (χ0) is 19.3. The summed E-state index contributed by atoms with van der Waals surface area (Å²) in [5.41, 5.74) is 3.52. The Morgan fingerprint density at radius 2 is 1.89 bits per heavy atom. The van der Waals surface area contributed by atoms with Crippen molar-refractivity contribution < 1.29 is 4.74 Å². The number of hydrogen-bond donors (Lipinski definition) is 1. The van der Waals surface area contributed by atoms with E-state index in [2.05, 4.69) is 36.2 Å². The lowest BCUT2D eigenvalue weighted by Crippen LogP contribution is -1.96. The fraction of sp³-hybridized carbons (Fsp3) is 0.0455. The van der Waals surface area contributed by atoms with Crippen molar-refractivity contribution in [3.63, 3.8) is 0 Å². The van der Waals surface area contributed by atoms with Gasteiger partial charge in [0.05, 0.1) is 18.3 Å². The lowest BCUT2D eigenvalue weighted by molar-refractivity contribution is 0.414. The Hall–Kier alpha value is -3.25. The van der Waals surface area contributed by atoms with Gasteiger partial charge in [0.15, 0.2) is 0 Å². The van der Waals surface area contributed by atoms with Crippen molar-refractivity contribution >= 4 is 50.2 Å². The fourth-order valence-corrected chi connectivity index (χ4v) is 3.24. The van der Waals surface area contributed by atoms with Crippen LogP contribution in [0.15, 0.2) is 82.5 Å². The second-order valence-corrected chi connectivity index (χ2v) is 6.97. The van der Waals surface area contributed by atoms with Crippen molar-refractivity contribution in [2.75, 3.05) is 12.4 Å². The molecule has 4 aromatic rings. The molecule has 1 heterocycles. The molecule has 0 fully saturated rings. The third-order valence-corrected chi connectivity index (χ3v) is 4.69. The number of aliphatic imine (C=N–C) groups is 1. The average molecular weight is 433 g/mol. The number of hydrogen-bond acceptors (Lipinski definition) is 5. The quantitative estimate of drug-likeness (QED) is 0.399. The molecule has 0 aliphatic heterocycles. The highest BCUT2D eigenvalue weighted by Gasteiger charge is 2.06. The Balaban J connectivity index is 1.69. The summed E-state index contributed by atoms with van der Waals surface area (Å²) in [5, 5.41) is 4.25. The van der Waals surface area contributed by atoms with E-state index in [-0.39, 0.29) is 0 Å². The second-order valence-electron chi connectivity index (χ2n) is 6.06. The van der Waals surface area contributed by atoms with Crippen LogP contribution in [0.25, 0.3) is 10.9 Å². The van der Waals surface area contributed by atoms with Gasteiger partial charge in [-0.2, -0.15) is 0 Å². The van der Waals surface area contributed by atoms with Crippen LogP contribution < -0.4 is 10.1 Å². The van der Waals surface area contributed by atoms with Gasteiger partial charge in [-0.15, -0.1) is 0 Å². The number of aromatic nitrogens is 2. The van der Waals surface area contributed by atoms with Gasteiger partial charge < -0.3 is 10.1 Å². The normalized spacial score (nSPS) is 11.1. The maximum absolute atomic E-state index is 5.37. The van der Waals surface area contributed by atoms with Crippen LogP contribution in [0.3, 0.4) is 0 Å². The first-order valence-electron chi connectivity index (χ1n) is 8.67. The maximum Gasteiger partial charge on any atom is 0.141 e. The molecule has 0 bridgehead atoms. The number of nitrogens with one attached hydrogen (secondary N) is 1. The third-order valence-electron chi connectivity index (χ3n) is 4.20. The van der Waals surface area contributed by atoms with Gasteiger partial charge in [0.2, 0.25) is 0 Å². The highest BCUT2D eigenvalue weighted by molar-refractivity contribution is 9.10. The van der Waals surface area contributed by atoms with Crippen molar-refractivity contribution in [3.8, 4) is 5.75 Å². The van der Waals surface area contributed by atoms with E-state index < -0.39 is 0 Å². The van der Waals surface area contributed by atoms with Gasteiger partial charge >= 0.3 is 0 Å². The van der Waals surface area contributed by atoms with Gasteiger partial charge in [0.25, 0.3) is 0 Å². The van der Waals surface area contributed by atoms with Crippen LogP contribution in [0.2, 0.25) is 0 Å². The second kappa shape index (κ2) is 8.19. The van der Waals surface area contributed by atoms with E-state index in [4.69, 9.17) is 4.74 Å². The molecule has 3 aromatic carbocycles. The summed E-state index contributed by atoms with van der Waals surface area (Å²) in [7, 11) is 1.65. The number of nitrogens with zero attached hydrogens (tertiary/aromatic N) is 3. The topological polar surface area (TPSA) is 59.4 Å². The molecule has 1 N–H and O–H groups in total. The minimum absolute atomic E-state index is 0.734. The van der Waals surface area contributed by atoms with Crippen LogP contribution in [-0.4, -0.2) is 23.3 Å². The molecule has 0 aliphatic rings. The number of methoxy groups -OCH3 is 1. The van der Waals surface area contributed by atoms with Crippen LogP contribution in [0.4, 0.5) is 17.2 Å². The van der Waals surface area contributed by atoms with E-state index in [9.17, 15) is 0 Å². The Kier molecular flexibility index (Phi) is 5.30. The number of benzene rings is 3. The molecule has 6 heteroatoms. The van der Waals surface area contributed by atoms with Gasteiger partial charge in [0.1, 0.15) is 17.9 Å². The minimum atomic E-state index is 0.734. The van der Waals surface area contributed by atoms with Crippen molar-refractivity contribution in [3.05, 3.63) is 83.1 Å². The Morgan fingerprint density at radius 1 is 1.00 bits per heavy atom. The zero-order valence-corrected chi connectivity index (χ0v) is 16.7. The number of para-hydroxylation sites is 1. The Morgan fingerprint density at radius 3 is 2.75 bits per heavy atom. The van der Waals surface area contributed by atoms with Crippen molar-refractivity contribution in [2.24, 2.45) is 4.99 Å². The van der Waals surface area contributed by atoms with Crippen LogP contribution in [0.1, 0.15) is 5.56 Å². The van der Waals surface area contributed by atoms with Crippen molar-refractivity contribution in [1.82, 2.24) is 9.97 Å². The largest absolute Gasteiger partial charge is 0.496 e. The standard InChI is InChI=1S/C22H17BrN4O/c1-28-21-8-3-2-5-15(21)13-24-17-9-10-20-19(12-17)22(26-14-25-20)27-18-7-4-6-16(23)11-18/h2-14H,1H3,(H,25,26,27). The Labute approximate surface area is 171 Å². The first-order chi connectivity index (χ1) is 13.7. The molecule has 5 nitrogen and oxygen atoms in total. The number of halogens is 1. The van der Waals surface area contributed by atoms with Crippen LogP contribution in [0.5, 0.6) is 5.75 Å². The smallest absolute Gasteiger partial charge is 0.141 e. The number of fused-ring (bicyclic) bond motifs is 1. The number of rotatable bonds is 5. The zero-order valence-electron chi connectivity index (χ0n) is 15.1. The fourth-order valence-electron chi connectivity index (χ4n) is 2.84. The van der Waals surface area contributed by atoms with Crippen molar-refractivity contribution in [1.29, 1.82) is 0 Å². The van der Waals surface area contributed by atoms with E-state index in [1.54, 1.807) is 19.7 Å². The molecular formula is C22H17BrN4O. The first-order valence-corrected chi connectivity index (χ1v) is 9.47. The molecular weight excluding hydrogens is 416 g/mol. The van der Waals surface area contributed by atoms with E-state index >= 15 is 0 Å². The molecule has 0 saturated heterocycles. The van der Waals surface area contributed by atoms with E-state index in [1.807, 2.05) is 66.7 Å². The molecule has 0 aliphatic carbocycles. The number of ether oxygens (including phenoxy) is 1. The van der Waals surface area contributed by atoms with E-state index in [0.29, 0.717) is 0 Å². The lowest BCUT2D eigenvalue weighted by Gasteiger charge is -2.09. The van der Waals surface area contributed by atoms with Gasteiger partial charge in [-0.1, -0.05) is 34.1 Å². The average Bonchev–Trinajstić information content (AvgIpc) is 2.73. The predicted octanol–water partition coefficient (Wildman–Crippen LogP) is 5.90. The van der Waals surface area contributed by atoms with Gasteiger partial charge in [0, 0.05) is 27.3 Å². The predicted molar refractivity (Wildman–Crippen MR) is 117 cm³/mol. The lowest BCUT2D eigenvalue weighted by atomic mass is 10.2. The third kappa shape index (κ3) is 4.02. The summed E-state index contributed by atoms with van der Waals surface area (Å²) < 4.78 is 6.37. The molecule has 4 rings (SSSR count). The summed E-state index contributed by atoms with van der Waals surface area (Å²) in [6, 6.07) is 21.6. The van der Waals surface area contributed by atoms with Gasteiger partial charge in [-0.3, -0.25) is 4.99 Å². The van der Waals surface area contributed by atoms with Crippen LogP contribution >= 0.6 is 15.9 Å². The molecule has 0 radical (unpaired) electrons. The SMILES string of the molecule is COc1ccccc1C=Nc1ccc2ncnc(Nc3cccc(Br)c3)c2c1.